The minimum atomic E-state index is -0.769. The molecule has 0 spiro atoms. The molecule has 1 aliphatic rings. The summed E-state index contributed by atoms with van der Waals surface area (Å²) in [4.78, 5) is 2.15. The van der Waals surface area contributed by atoms with E-state index in [2.05, 4.69) is 4.90 Å². The molecular formula is C13H19ClF2N2. The van der Waals surface area contributed by atoms with Crippen molar-refractivity contribution in [1.29, 1.82) is 0 Å². The predicted molar refractivity (Wildman–Crippen MR) is 70.7 cm³/mol. The third-order valence-corrected chi connectivity index (χ3v) is 3.36. The molecule has 0 radical (unpaired) electrons. The molecule has 0 aliphatic carbocycles. The SMILES string of the molecule is Cl.NCC1CCCN(Cc2cccc(F)c2F)C1. The second-order valence-corrected chi connectivity index (χ2v) is 4.69. The Morgan fingerprint density at radius 2 is 2.11 bits per heavy atom. The van der Waals surface area contributed by atoms with Crippen LogP contribution in [-0.2, 0) is 6.54 Å². The summed E-state index contributed by atoms with van der Waals surface area (Å²) in [7, 11) is 0. The Kier molecular flexibility index (Phi) is 5.99. The number of piperidine rings is 1. The number of benzene rings is 1. The van der Waals surface area contributed by atoms with Gasteiger partial charge in [-0.25, -0.2) is 8.78 Å². The quantitative estimate of drug-likeness (QED) is 0.919. The van der Waals surface area contributed by atoms with Crippen LogP contribution >= 0.6 is 12.4 Å². The van der Waals surface area contributed by atoms with Crippen LogP contribution in [0.1, 0.15) is 18.4 Å². The van der Waals surface area contributed by atoms with Gasteiger partial charge in [-0.1, -0.05) is 12.1 Å². The van der Waals surface area contributed by atoms with E-state index in [-0.39, 0.29) is 12.4 Å². The summed E-state index contributed by atoms with van der Waals surface area (Å²) in [6.07, 6.45) is 2.22. The van der Waals surface area contributed by atoms with Crippen LogP contribution in [-0.4, -0.2) is 24.5 Å². The number of halogens is 3. The highest BCUT2D eigenvalue weighted by atomic mass is 35.5. The molecule has 0 bridgehead atoms. The minimum absolute atomic E-state index is 0. The maximum absolute atomic E-state index is 13.5. The average Bonchev–Trinajstić information content (AvgIpc) is 2.35. The smallest absolute Gasteiger partial charge is 0.163 e. The topological polar surface area (TPSA) is 29.3 Å². The molecule has 1 fully saturated rings. The number of hydrogen-bond acceptors (Lipinski definition) is 2. The standard InChI is InChI=1S/C13H18F2N2.ClH/c14-12-5-1-4-11(13(12)15)9-17-6-2-3-10(7-16)8-17;/h1,4-5,10H,2-3,6-9,16H2;1H. The van der Waals surface area contributed by atoms with Crippen LogP contribution in [0.3, 0.4) is 0 Å². The molecular weight excluding hydrogens is 258 g/mol. The predicted octanol–water partition coefficient (Wildman–Crippen LogP) is 2.56. The first-order valence-electron chi connectivity index (χ1n) is 6.06. The highest BCUT2D eigenvalue weighted by Crippen LogP contribution is 2.19. The third kappa shape index (κ3) is 3.64. The molecule has 2 N–H and O–H groups in total. The van der Waals surface area contributed by atoms with E-state index >= 15 is 0 Å². The van der Waals surface area contributed by atoms with Crippen molar-refractivity contribution in [3.05, 3.63) is 35.4 Å². The van der Waals surface area contributed by atoms with Crippen molar-refractivity contribution < 1.29 is 8.78 Å². The molecule has 1 unspecified atom stereocenters. The zero-order chi connectivity index (χ0) is 12.3. The Bertz CT molecular complexity index is 387. The normalized spacial score (nSPS) is 20.5. The number of nitrogens with two attached hydrogens (primary N) is 1. The van der Waals surface area contributed by atoms with Gasteiger partial charge in [0.1, 0.15) is 0 Å². The first-order valence-corrected chi connectivity index (χ1v) is 6.06. The van der Waals surface area contributed by atoms with Crippen molar-refractivity contribution in [1.82, 2.24) is 4.90 Å². The van der Waals surface area contributed by atoms with Gasteiger partial charge in [-0.3, -0.25) is 4.90 Å². The van der Waals surface area contributed by atoms with Crippen molar-refractivity contribution >= 4 is 12.4 Å². The molecule has 1 aromatic rings. The zero-order valence-corrected chi connectivity index (χ0v) is 11.1. The van der Waals surface area contributed by atoms with Crippen LogP contribution in [0.15, 0.2) is 18.2 Å². The van der Waals surface area contributed by atoms with Crippen LogP contribution in [0.4, 0.5) is 8.78 Å². The maximum atomic E-state index is 13.5. The minimum Gasteiger partial charge on any atom is -0.330 e. The van der Waals surface area contributed by atoms with E-state index in [4.69, 9.17) is 5.73 Å². The van der Waals surface area contributed by atoms with Crippen LogP contribution in [0, 0.1) is 17.6 Å². The van der Waals surface area contributed by atoms with Crippen LogP contribution in [0.25, 0.3) is 0 Å². The maximum Gasteiger partial charge on any atom is 0.163 e. The van der Waals surface area contributed by atoms with Gasteiger partial charge in [-0.2, -0.15) is 0 Å². The average molecular weight is 277 g/mol. The molecule has 1 saturated heterocycles. The largest absolute Gasteiger partial charge is 0.330 e. The Labute approximate surface area is 113 Å². The Morgan fingerprint density at radius 3 is 2.83 bits per heavy atom. The molecule has 5 heteroatoms. The van der Waals surface area contributed by atoms with E-state index in [0.717, 1.165) is 32.0 Å². The number of hydrogen-bond donors (Lipinski definition) is 1. The summed E-state index contributed by atoms with van der Waals surface area (Å²) in [6.45, 7) is 2.96. The molecule has 0 amide bonds. The summed E-state index contributed by atoms with van der Waals surface area (Å²) in [5.74, 6) is -1.00. The van der Waals surface area contributed by atoms with E-state index in [9.17, 15) is 8.78 Å². The van der Waals surface area contributed by atoms with Gasteiger partial charge < -0.3 is 5.73 Å². The van der Waals surface area contributed by atoms with E-state index in [0.29, 0.717) is 24.6 Å². The second-order valence-electron chi connectivity index (χ2n) is 4.69. The van der Waals surface area contributed by atoms with Gasteiger partial charge in [0.05, 0.1) is 0 Å². The number of rotatable bonds is 3. The van der Waals surface area contributed by atoms with Gasteiger partial charge in [0, 0.05) is 18.7 Å². The fourth-order valence-corrected chi connectivity index (χ4v) is 2.40. The number of nitrogens with zero attached hydrogens (tertiary/aromatic N) is 1. The van der Waals surface area contributed by atoms with E-state index in [1.807, 2.05) is 0 Å². The van der Waals surface area contributed by atoms with Gasteiger partial charge in [0.25, 0.3) is 0 Å². The van der Waals surface area contributed by atoms with Crippen molar-refractivity contribution in [2.75, 3.05) is 19.6 Å². The Hall–Kier alpha value is -0.710. The van der Waals surface area contributed by atoms with Crippen LogP contribution in [0.2, 0.25) is 0 Å². The van der Waals surface area contributed by atoms with Crippen molar-refractivity contribution in [3.8, 4) is 0 Å². The van der Waals surface area contributed by atoms with E-state index in [1.165, 1.54) is 0 Å². The lowest BCUT2D eigenvalue weighted by Gasteiger charge is -2.32. The molecule has 1 aromatic carbocycles. The Morgan fingerprint density at radius 1 is 1.33 bits per heavy atom. The lowest BCUT2D eigenvalue weighted by atomic mass is 9.98. The van der Waals surface area contributed by atoms with Gasteiger partial charge in [-0.05, 0) is 37.9 Å². The summed E-state index contributed by atoms with van der Waals surface area (Å²) >= 11 is 0. The molecule has 0 aromatic heterocycles. The van der Waals surface area contributed by atoms with Crippen molar-refractivity contribution in [3.63, 3.8) is 0 Å². The fraction of sp³-hybridized carbons (Fsp3) is 0.538. The van der Waals surface area contributed by atoms with Crippen LogP contribution in [0.5, 0.6) is 0 Å². The fourth-order valence-electron chi connectivity index (χ4n) is 2.40. The zero-order valence-electron chi connectivity index (χ0n) is 10.2. The van der Waals surface area contributed by atoms with Gasteiger partial charge in [0.2, 0.25) is 0 Å². The first-order chi connectivity index (χ1) is 8.20. The van der Waals surface area contributed by atoms with E-state index < -0.39 is 11.6 Å². The van der Waals surface area contributed by atoms with E-state index in [1.54, 1.807) is 12.1 Å². The van der Waals surface area contributed by atoms with Crippen molar-refractivity contribution in [2.24, 2.45) is 11.7 Å². The summed E-state index contributed by atoms with van der Waals surface area (Å²) < 4.78 is 26.6. The van der Waals surface area contributed by atoms with Crippen molar-refractivity contribution in [2.45, 2.75) is 19.4 Å². The van der Waals surface area contributed by atoms with Gasteiger partial charge in [0.15, 0.2) is 11.6 Å². The third-order valence-electron chi connectivity index (χ3n) is 3.36. The van der Waals surface area contributed by atoms with Gasteiger partial charge >= 0.3 is 0 Å². The molecule has 1 atom stereocenters. The second kappa shape index (κ2) is 7.02. The molecule has 18 heavy (non-hydrogen) atoms. The monoisotopic (exact) mass is 276 g/mol. The molecule has 2 rings (SSSR count). The van der Waals surface area contributed by atoms with Gasteiger partial charge in [-0.15, -0.1) is 12.4 Å². The summed E-state index contributed by atoms with van der Waals surface area (Å²) in [6, 6.07) is 4.35. The highest BCUT2D eigenvalue weighted by molar-refractivity contribution is 5.85. The first kappa shape index (κ1) is 15.3. The van der Waals surface area contributed by atoms with Crippen LogP contribution < -0.4 is 5.73 Å². The molecule has 1 aliphatic heterocycles. The Balaban J connectivity index is 0.00000162. The lowest BCUT2D eigenvalue weighted by molar-refractivity contribution is 0.169. The number of likely N-dealkylation sites (tertiary alicyclic amines) is 1. The molecule has 2 nitrogen and oxygen atoms in total. The summed E-state index contributed by atoms with van der Waals surface area (Å²) in [5.41, 5.74) is 6.09. The summed E-state index contributed by atoms with van der Waals surface area (Å²) in [5, 5.41) is 0. The molecule has 1 heterocycles. The lowest BCUT2D eigenvalue weighted by Crippen LogP contribution is -2.38. The molecule has 102 valence electrons. The highest BCUT2D eigenvalue weighted by Gasteiger charge is 2.20. The molecule has 0 saturated carbocycles.